The molecule has 0 aliphatic heterocycles. The van der Waals surface area contributed by atoms with Crippen LogP contribution in [0.2, 0.25) is 0 Å². The molecule has 0 fully saturated rings. The summed E-state index contributed by atoms with van der Waals surface area (Å²) in [5, 5.41) is 15.9. The second kappa shape index (κ2) is 14.4. The molecule has 1 amide bonds. The number of thioether (sulfide) groups is 1. The fraction of sp³-hybridized carbons (Fsp3) is 0.212. The largest absolute Gasteiger partial charge is 0.480 e. The van der Waals surface area contributed by atoms with Crippen LogP contribution in [0.4, 0.5) is 0 Å². The molecule has 0 spiro atoms. The van der Waals surface area contributed by atoms with E-state index in [0.717, 1.165) is 39.2 Å². The van der Waals surface area contributed by atoms with E-state index in [9.17, 15) is 14.7 Å². The van der Waals surface area contributed by atoms with Gasteiger partial charge in [0.1, 0.15) is 11.8 Å². The monoisotopic (exact) mass is 554 g/mol. The predicted octanol–water partition coefficient (Wildman–Crippen LogP) is 6.52. The Hall–Kier alpha value is -4.07. The van der Waals surface area contributed by atoms with Gasteiger partial charge in [-0.25, -0.2) is 4.79 Å². The molecular weight excluding hydrogens is 520 g/mol. The molecule has 0 saturated heterocycles. The Balaban J connectivity index is 1.57. The van der Waals surface area contributed by atoms with Gasteiger partial charge in [-0.2, -0.15) is 11.8 Å². The highest BCUT2D eigenvalue weighted by Gasteiger charge is 2.22. The van der Waals surface area contributed by atoms with Crippen LogP contribution in [-0.2, 0) is 11.3 Å². The van der Waals surface area contributed by atoms with E-state index in [0.29, 0.717) is 30.8 Å². The maximum atomic E-state index is 13.3. The third-order valence-electron chi connectivity index (χ3n) is 6.63. The third-order valence-corrected chi connectivity index (χ3v) is 7.27. The van der Waals surface area contributed by atoms with Gasteiger partial charge in [0.25, 0.3) is 5.91 Å². The minimum atomic E-state index is -1.03. The van der Waals surface area contributed by atoms with Crippen molar-refractivity contribution in [3.8, 4) is 11.1 Å². The number of carbonyl (C=O) groups is 2. The summed E-state index contributed by atoms with van der Waals surface area (Å²) in [4.78, 5) is 25.1. The molecule has 0 radical (unpaired) electrons. The van der Waals surface area contributed by atoms with Crippen molar-refractivity contribution in [2.24, 2.45) is 0 Å². The lowest BCUT2D eigenvalue weighted by Gasteiger charge is -2.18. The van der Waals surface area contributed by atoms with Crippen molar-refractivity contribution in [3.63, 3.8) is 0 Å². The molecule has 0 bridgehead atoms. The SMILES string of the molecule is CSCCC(NC(=O)c1ccc(CNC/C(=C/c2ccco2)c2ccccc2)cc1-c1ccccc1C)C(=O)O. The fourth-order valence-corrected chi connectivity index (χ4v) is 4.97. The molecule has 4 aromatic rings. The number of nitrogens with one attached hydrogen (secondary N) is 2. The number of benzene rings is 3. The van der Waals surface area contributed by atoms with Crippen molar-refractivity contribution in [1.29, 1.82) is 0 Å². The van der Waals surface area contributed by atoms with Crippen molar-refractivity contribution < 1.29 is 19.1 Å². The lowest BCUT2D eigenvalue weighted by molar-refractivity contribution is -0.139. The molecule has 1 unspecified atom stereocenters. The molecule has 7 heteroatoms. The Labute approximate surface area is 239 Å². The van der Waals surface area contributed by atoms with Crippen molar-refractivity contribution in [2.75, 3.05) is 18.6 Å². The van der Waals surface area contributed by atoms with Gasteiger partial charge < -0.3 is 20.2 Å². The number of amides is 1. The normalized spacial score (nSPS) is 12.2. The molecule has 0 saturated carbocycles. The Kier molecular flexibility index (Phi) is 10.4. The lowest BCUT2D eigenvalue weighted by Crippen LogP contribution is -2.41. The first-order valence-corrected chi connectivity index (χ1v) is 14.6. The smallest absolute Gasteiger partial charge is 0.326 e. The highest BCUT2D eigenvalue weighted by Crippen LogP contribution is 2.28. The zero-order chi connectivity index (χ0) is 28.3. The second-order valence-corrected chi connectivity index (χ2v) is 10.5. The Morgan fingerprint density at radius 3 is 2.45 bits per heavy atom. The van der Waals surface area contributed by atoms with Gasteiger partial charge in [0.05, 0.1) is 6.26 Å². The molecule has 1 heterocycles. The van der Waals surface area contributed by atoms with E-state index in [4.69, 9.17) is 4.42 Å². The molecule has 3 aromatic carbocycles. The zero-order valence-electron chi connectivity index (χ0n) is 22.7. The molecule has 0 aliphatic carbocycles. The van der Waals surface area contributed by atoms with Crippen LogP contribution in [-0.4, -0.2) is 41.6 Å². The standard InChI is InChI=1S/C33H34N2O4S/c1-23-9-6-7-13-28(23)30-19-24(14-15-29(30)32(36)35-31(33(37)38)16-18-40-2)21-34-22-26(20-27-12-8-17-39-27)25-10-4-3-5-11-25/h3-15,17,19-20,31,34H,16,18,21-22H2,1-2H3,(H,35,36)(H,37,38)/b26-20-. The second-order valence-electron chi connectivity index (χ2n) is 9.50. The van der Waals surface area contributed by atoms with Gasteiger partial charge in [0.15, 0.2) is 0 Å². The van der Waals surface area contributed by atoms with E-state index in [-0.39, 0.29) is 5.91 Å². The number of hydrogen-bond acceptors (Lipinski definition) is 5. The summed E-state index contributed by atoms with van der Waals surface area (Å²) in [7, 11) is 0. The van der Waals surface area contributed by atoms with E-state index in [1.807, 2.05) is 86.0 Å². The van der Waals surface area contributed by atoms with E-state index in [1.165, 1.54) is 0 Å². The molecule has 3 N–H and O–H groups in total. The van der Waals surface area contributed by atoms with Crippen LogP contribution >= 0.6 is 11.8 Å². The van der Waals surface area contributed by atoms with Crippen LogP contribution in [0.25, 0.3) is 22.8 Å². The zero-order valence-corrected chi connectivity index (χ0v) is 23.5. The van der Waals surface area contributed by atoms with Crippen LogP contribution in [0.15, 0.2) is 95.6 Å². The minimum Gasteiger partial charge on any atom is -0.480 e. The summed E-state index contributed by atoms with van der Waals surface area (Å²) in [6.07, 6.45) is 5.97. The molecule has 0 aliphatic rings. The number of aryl methyl sites for hydroxylation is 1. The first kappa shape index (κ1) is 28.9. The summed E-state index contributed by atoms with van der Waals surface area (Å²) in [6, 6.07) is 26.6. The van der Waals surface area contributed by atoms with Crippen LogP contribution in [0.1, 0.15) is 39.2 Å². The molecule has 1 aromatic heterocycles. The topological polar surface area (TPSA) is 91.6 Å². The van der Waals surface area contributed by atoms with Crippen LogP contribution < -0.4 is 10.6 Å². The van der Waals surface area contributed by atoms with Crippen LogP contribution in [0.3, 0.4) is 0 Å². The number of carboxylic acids is 1. The summed E-state index contributed by atoms with van der Waals surface area (Å²) < 4.78 is 5.55. The molecule has 1 atom stereocenters. The fourth-order valence-electron chi connectivity index (χ4n) is 4.50. The van der Waals surface area contributed by atoms with E-state index < -0.39 is 12.0 Å². The van der Waals surface area contributed by atoms with Gasteiger partial charge in [0, 0.05) is 18.7 Å². The number of aliphatic carboxylic acids is 1. The van der Waals surface area contributed by atoms with Crippen molar-refractivity contribution in [2.45, 2.75) is 25.9 Å². The summed E-state index contributed by atoms with van der Waals surface area (Å²) >= 11 is 1.55. The minimum absolute atomic E-state index is 0.360. The number of carboxylic acid groups (broad SMARTS) is 1. The van der Waals surface area contributed by atoms with Gasteiger partial charge in [-0.1, -0.05) is 60.7 Å². The van der Waals surface area contributed by atoms with E-state index in [2.05, 4.69) is 22.8 Å². The van der Waals surface area contributed by atoms with Gasteiger partial charge in [0.2, 0.25) is 0 Å². The quantitative estimate of drug-likeness (QED) is 0.174. The maximum Gasteiger partial charge on any atom is 0.326 e. The number of rotatable bonds is 13. The summed E-state index contributed by atoms with van der Waals surface area (Å²) in [5.74, 6) is 0.0119. The lowest BCUT2D eigenvalue weighted by atomic mass is 9.93. The average molecular weight is 555 g/mol. The van der Waals surface area contributed by atoms with E-state index >= 15 is 0 Å². The van der Waals surface area contributed by atoms with Gasteiger partial charge >= 0.3 is 5.97 Å². The Morgan fingerprint density at radius 1 is 0.975 bits per heavy atom. The van der Waals surface area contributed by atoms with Gasteiger partial charge in [-0.15, -0.1) is 0 Å². The van der Waals surface area contributed by atoms with Gasteiger partial charge in [-0.05, 0) is 89.1 Å². The van der Waals surface area contributed by atoms with Gasteiger partial charge in [-0.3, -0.25) is 4.79 Å². The van der Waals surface area contributed by atoms with E-state index in [1.54, 1.807) is 24.1 Å². The molecule has 40 heavy (non-hydrogen) atoms. The number of hydrogen-bond donors (Lipinski definition) is 3. The highest BCUT2D eigenvalue weighted by molar-refractivity contribution is 7.98. The Morgan fingerprint density at radius 2 is 1.75 bits per heavy atom. The van der Waals surface area contributed by atoms with Crippen LogP contribution in [0.5, 0.6) is 0 Å². The molecule has 6 nitrogen and oxygen atoms in total. The molecular formula is C33H34N2O4S. The Bertz CT molecular complexity index is 1450. The molecule has 4 rings (SSSR count). The highest BCUT2D eigenvalue weighted by atomic mass is 32.2. The number of carbonyl (C=O) groups excluding carboxylic acids is 1. The van der Waals surface area contributed by atoms with Crippen molar-refractivity contribution in [1.82, 2.24) is 10.6 Å². The maximum absolute atomic E-state index is 13.3. The predicted molar refractivity (Wildman–Crippen MR) is 163 cm³/mol. The summed E-state index contributed by atoms with van der Waals surface area (Å²) in [6.45, 7) is 3.20. The summed E-state index contributed by atoms with van der Waals surface area (Å²) in [5.41, 5.74) is 6.41. The van der Waals surface area contributed by atoms with Crippen LogP contribution in [0, 0.1) is 6.92 Å². The first-order valence-electron chi connectivity index (χ1n) is 13.2. The average Bonchev–Trinajstić information content (AvgIpc) is 3.48. The number of furan rings is 1. The van der Waals surface area contributed by atoms with Crippen molar-refractivity contribution in [3.05, 3.63) is 119 Å². The van der Waals surface area contributed by atoms with Crippen molar-refractivity contribution >= 4 is 35.3 Å². The first-order chi connectivity index (χ1) is 19.5. The third kappa shape index (κ3) is 7.74. The molecule has 206 valence electrons.